The van der Waals surface area contributed by atoms with Gasteiger partial charge in [0, 0.05) is 25.6 Å². The number of carbonyl (C=O) groups is 1. The molecule has 9 heteroatoms. The van der Waals surface area contributed by atoms with Crippen molar-refractivity contribution in [1.82, 2.24) is 0 Å². The second-order valence-corrected chi connectivity index (χ2v) is 8.50. The molecule has 0 radical (unpaired) electrons. The Labute approximate surface area is 168 Å². The second kappa shape index (κ2) is 7.90. The number of rotatable bonds is 5. The van der Waals surface area contributed by atoms with Crippen molar-refractivity contribution in [3.63, 3.8) is 0 Å². The lowest BCUT2D eigenvalue weighted by Crippen LogP contribution is -2.26. The number of sulfonamides is 1. The molecule has 0 aliphatic carbocycles. The van der Waals surface area contributed by atoms with E-state index in [1.165, 1.54) is 24.0 Å². The Balaban J connectivity index is 1.89. The van der Waals surface area contributed by atoms with Crippen LogP contribution in [0.4, 0.5) is 5.69 Å². The molecule has 3 rings (SSSR count). The zero-order valence-corrected chi connectivity index (χ0v) is 16.7. The van der Waals surface area contributed by atoms with E-state index >= 15 is 0 Å². The molecule has 1 unspecified atom stereocenters. The molecule has 7 nitrogen and oxygen atoms in total. The Hall–Kier alpha value is -2.42. The molecule has 28 heavy (non-hydrogen) atoms. The highest BCUT2D eigenvalue weighted by Crippen LogP contribution is 2.36. The van der Waals surface area contributed by atoms with E-state index in [2.05, 4.69) is 4.40 Å². The van der Waals surface area contributed by atoms with Gasteiger partial charge in [-0.3, -0.25) is 4.79 Å². The monoisotopic (exact) mass is 421 g/mol. The van der Waals surface area contributed by atoms with Gasteiger partial charge in [-0.25, -0.2) is 0 Å². The van der Waals surface area contributed by atoms with Gasteiger partial charge in [0.05, 0.1) is 11.1 Å². The number of fused-ring (bicyclic) bond motifs is 1. The highest BCUT2D eigenvalue weighted by Gasteiger charge is 2.28. The Morgan fingerprint density at radius 3 is 2.64 bits per heavy atom. The minimum Gasteiger partial charge on any atom is -0.388 e. The zero-order valence-electron chi connectivity index (χ0n) is 15.2. The maximum Gasteiger partial charge on any atom is 0.285 e. The molecule has 1 heterocycles. The summed E-state index contributed by atoms with van der Waals surface area (Å²) in [6.45, 7) is 1.89. The van der Waals surface area contributed by atoms with E-state index in [-0.39, 0.29) is 28.1 Å². The van der Waals surface area contributed by atoms with Crippen LogP contribution >= 0.6 is 11.6 Å². The number of aliphatic hydroxyl groups excluding tert-OH is 1. The Bertz CT molecular complexity index is 1040. The van der Waals surface area contributed by atoms with Gasteiger partial charge in [-0.05, 0) is 29.7 Å². The molecule has 1 aliphatic rings. The number of benzene rings is 2. The molecular weight excluding hydrogens is 402 g/mol. The van der Waals surface area contributed by atoms with Crippen molar-refractivity contribution in [2.24, 2.45) is 10.1 Å². The predicted octanol–water partition coefficient (Wildman–Crippen LogP) is 2.42. The third-order valence-corrected chi connectivity index (χ3v) is 6.30. The summed E-state index contributed by atoms with van der Waals surface area (Å²) in [4.78, 5) is 13.0. The van der Waals surface area contributed by atoms with E-state index < -0.39 is 16.1 Å². The number of amides is 1. The van der Waals surface area contributed by atoms with Crippen LogP contribution in [0, 0.1) is 0 Å². The fourth-order valence-electron chi connectivity index (χ4n) is 3.14. The van der Waals surface area contributed by atoms with Gasteiger partial charge in [0.15, 0.2) is 0 Å². The largest absolute Gasteiger partial charge is 0.388 e. The van der Waals surface area contributed by atoms with Crippen molar-refractivity contribution in [3.05, 3.63) is 58.6 Å². The van der Waals surface area contributed by atoms with Crippen LogP contribution in [-0.2, 0) is 21.2 Å². The van der Waals surface area contributed by atoms with Crippen LogP contribution in [0.2, 0.25) is 5.02 Å². The van der Waals surface area contributed by atoms with E-state index in [1.54, 1.807) is 30.3 Å². The molecule has 3 N–H and O–H groups in total. The first-order valence-electron chi connectivity index (χ1n) is 8.62. The molecule has 0 bridgehead atoms. The molecular formula is C19H20ClN3O4S. The summed E-state index contributed by atoms with van der Waals surface area (Å²) in [6.07, 6.45) is -0.529. The van der Waals surface area contributed by atoms with Crippen LogP contribution in [0.5, 0.6) is 0 Å². The molecule has 1 amide bonds. The maximum atomic E-state index is 12.7. The SMILES string of the molecule is CC(=O)N1CCc2cc(Cl)c(S(=O)(=O)N=C(N)CC(O)c3ccccc3)cc21. The summed E-state index contributed by atoms with van der Waals surface area (Å²) in [5, 5.41) is 10.2. The summed E-state index contributed by atoms with van der Waals surface area (Å²) >= 11 is 6.16. The van der Waals surface area contributed by atoms with Crippen LogP contribution in [0.3, 0.4) is 0 Å². The quantitative estimate of drug-likeness (QED) is 0.568. The number of aliphatic hydroxyl groups is 1. The lowest BCUT2D eigenvalue weighted by atomic mass is 10.1. The number of nitrogens with two attached hydrogens (primary N) is 1. The van der Waals surface area contributed by atoms with Crippen molar-refractivity contribution in [3.8, 4) is 0 Å². The van der Waals surface area contributed by atoms with Gasteiger partial charge in [0.1, 0.15) is 10.7 Å². The molecule has 0 aromatic heterocycles. The fourth-order valence-corrected chi connectivity index (χ4v) is 4.67. The number of amidine groups is 1. The highest BCUT2D eigenvalue weighted by molar-refractivity contribution is 7.90. The maximum absolute atomic E-state index is 12.7. The van der Waals surface area contributed by atoms with Gasteiger partial charge < -0.3 is 15.7 Å². The minimum absolute atomic E-state index is 0.0179. The summed E-state index contributed by atoms with van der Waals surface area (Å²) < 4.78 is 29.1. The Morgan fingerprint density at radius 1 is 1.32 bits per heavy atom. The number of nitrogens with zero attached hydrogens (tertiary/aromatic N) is 2. The number of hydrogen-bond acceptors (Lipinski definition) is 4. The normalized spacial score (nSPS) is 15.4. The topological polar surface area (TPSA) is 113 Å². The van der Waals surface area contributed by atoms with E-state index in [0.29, 0.717) is 24.2 Å². The highest BCUT2D eigenvalue weighted by atomic mass is 35.5. The number of carbonyl (C=O) groups excluding carboxylic acids is 1. The summed E-state index contributed by atoms with van der Waals surface area (Å²) in [5.41, 5.74) is 7.69. The fraction of sp³-hybridized carbons (Fsp3) is 0.263. The van der Waals surface area contributed by atoms with Gasteiger partial charge in [-0.15, -0.1) is 4.40 Å². The van der Waals surface area contributed by atoms with Gasteiger partial charge in [-0.1, -0.05) is 41.9 Å². The van der Waals surface area contributed by atoms with Crippen LogP contribution in [-0.4, -0.2) is 31.8 Å². The molecule has 0 saturated carbocycles. The van der Waals surface area contributed by atoms with Crippen molar-refractivity contribution < 1.29 is 18.3 Å². The van der Waals surface area contributed by atoms with Crippen molar-refractivity contribution in [2.45, 2.75) is 30.8 Å². The molecule has 2 aromatic carbocycles. The Kier molecular flexibility index (Phi) is 5.74. The van der Waals surface area contributed by atoms with E-state index in [4.69, 9.17) is 17.3 Å². The standard InChI is InChI=1S/C19H20ClN3O4S/c1-12(24)23-8-7-14-9-15(20)18(10-16(14)23)28(26,27)22-19(21)11-17(25)13-5-3-2-4-6-13/h2-6,9-10,17,25H,7-8,11H2,1H3,(H2,21,22). The third kappa shape index (κ3) is 4.19. The van der Waals surface area contributed by atoms with Crippen molar-refractivity contribution in [1.29, 1.82) is 0 Å². The molecule has 1 aliphatic heterocycles. The van der Waals surface area contributed by atoms with Gasteiger partial charge in [-0.2, -0.15) is 8.42 Å². The third-order valence-electron chi connectivity index (χ3n) is 4.51. The molecule has 0 fully saturated rings. The molecule has 0 saturated heterocycles. The molecule has 0 spiro atoms. The summed E-state index contributed by atoms with van der Waals surface area (Å²) in [7, 11) is -4.21. The van der Waals surface area contributed by atoms with Crippen molar-refractivity contribution >= 4 is 39.1 Å². The zero-order chi connectivity index (χ0) is 20.5. The predicted molar refractivity (Wildman–Crippen MR) is 108 cm³/mol. The number of halogens is 1. The molecule has 148 valence electrons. The second-order valence-electron chi connectivity index (χ2n) is 6.52. The first-order valence-corrected chi connectivity index (χ1v) is 10.4. The first kappa shape index (κ1) is 20.3. The van der Waals surface area contributed by atoms with Gasteiger partial charge in [0.2, 0.25) is 5.91 Å². The lowest BCUT2D eigenvalue weighted by molar-refractivity contribution is -0.116. The van der Waals surface area contributed by atoms with Crippen LogP contribution in [0.1, 0.15) is 30.6 Å². The van der Waals surface area contributed by atoms with Crippen LogP contribution in [0.25, 0.3) is 0 Å². The van der Waals surface area contributed by atoms with Gasteiger partial charge >= 0.3 is 0 Å². The minimum atomic E-state index is -4.21. The first-order chi connectivity index (χ1) is 13.2. The molecule has 1 atom stereocenters. The van der Waals surface area contributed by atoms with Crippen molar-refractivity contribution in [2.75, 3.05) is 11.4 Å². The number of hydrogen-bond donors (Lipinski definition) is 2. The summed E-state index contributed by atoms with van der Waals surface area (Å²) in [6, 6.07) is 11.6. The van der Waals surface area contributed by atoms with Gasteiger partial charge in [0.25, 0.3) is 10.0 Å². The number of anilines is 1. The van der Waals surface area contributed by atoms with E-state index in [1.807, 2.05) is 0 Å². The Morgan fingerprint density at radius 2 is 2.00 bits per heavy atom. The van der Waals surface area contributed by atoms with Crippen LogP contribution in [0.15, 0.2) is 51.8 Å². The average molecular weight is 422 g/mol. The smallest absolute Gasteiger partial charge is 0.285 e. The average Bonchev–Trinajstić information content (AvgIpc) is 3.04. The van der Waals surface area contributed by atoms with Crippen LogP contribution < -0.4 is 10.6 Å². The summed E-state index contributed by atoms with van der Waals surface area (Å²) in [5.74, 6) is -0.422. The van der Waals surface area contributed by atoms with E-state index in [9.17, 15) is 18.3 Å². The molecule has 2 aromatic rings. The van der Waals surface area contributed by atoms with E-state index in [0.717, 1.165) is 5.56 Å². The lowest BCUT2D eigenvalue weighted by Gasteiger charge is -2.16.